The third-order valence-electron chi connectivity index (χ3n) is 4.93. The highest BCUT2D eigenvalue weighted by Gasteiger charge is 2.20. The highest BCUT2D eigenvalue weighted by molar-refractivity contribution is 7.18. The highest BCUT2D eigenvalue weighted by Crippen LogP contribution is 2.28. The third kappa shape index (κ3) is 5.33. The zero-order chi connectivity index (χ0) is 23.4. The van der Waals surface area contributed by atoms with E-state index in [4.69, 9.17) is 21.1 Å². The molecule has 2 N–H and O–H groups in total. The van der Waals surface area contributed by atoms with Gasteiger partial charge in [0.2, 0.25) is 0 Å². The number of rotatable bonds is 6. The number of benzene rings is 2. The number of amides is 3. The van der Waals surface area contributed by atoms with Gasteiger partial charge in [0.25, 0.3) is 17.7 Å². The molecule has 10 heteroatoms. The average molecular weight is 486 g/mol. The fraction of sp³-hybridized carbons (Fsp3) is 0.174. The number of carbonyl (C=O) groups excluding carboxylic acids is 3. The van der Waals surface area contributed by atoms with Gasteiger partial charge in [-0.25, -0.2) is 0 Å². The molecular weight excluding hydrogens is 466 g/mol. The summed E-state index contributed by atoms with van der Waals surface area (Å²) in [5, 5.41) is 5.57. The van der Waals surface area contributed by atoms with Gasteiger partial charge >= 0.3 is 0 Å². The van der Waals surface area contributed by atoms with E-state index in [9.17, 15) is 14.4 Å². The molecule has 1 aliphatic heterocycles. The molecule has 4 rings (SSSR count). The highest BCUT2D eigenvalue weighted by atomic mass is 35.5. The summed E-state index contributed by atoms with van der Waals surface area (Å²) in [6.45, 7) is 1.04. The van der Waals surface area contributed by atoms with Crippen molar-refractivity contribution in [2.45, 2.75) is 0 Å². The summed E-state index contributed by atoms with van der Waals surface area (Å²) in [7, 11) is 1.48. The van der Waals surface area contributed by atoms with E-state index in [1.165, 1.54) is 7.11 Å². The van der Waals surface area contributed by atoms with Crippen molar-refractivity contribution < 1.29 is 23.9 Å². The van der Waals surface area contributed by atoms with Crippen molar-refractivity contribution in [2.24, 2.45) is 0 Å². The number of halogens is 1. The maximum absolute atomic E-state index is 12.8. The number of thiophene rings is 1. The van der Waals surface area contributed by atoms with Crippen LogP contribution < -0.4 is 20.3 Å². The number of hydrogen-bond acceptors (Lipinski definition) is 6. The molecule has 1 aliphatic rings. The van der Waals surface area contributed by atoms with Gasteiger partial charge in [0.15, 0.2) is 0 Å². The molecule has 1 saturated heterocycles. The Morgan fingerprint density at radius 3 is 2.52 bits per heavy atom. The third-order valence-corrected chi connectivity index (χ3v) is 6.16. The molecule has 0 unspecified atom stereocenters. The van der Waals surface area contributed by atoms with Gasteiger partial charge in [-0.3, -0.25) is 14.4 Å². The molecule has 2 aromatic carbocycles. The van der Waals surface area contributed by atoms with Gasteiger partial charge in [0, 0.05) is 23.5 Å². The van der Waals surface area contributed by atoms with Crippen LogP contribution in [0.15, 0.2) is 54.6 Å². The molecule has 2 heterocycles. The van der Waals surface area contributed by atoms with Crippen LogP contribution in [0.4, 0.5) is 17.1 Å². The molecule has 33 heavy (non-hydrogen) atoms. The second-order valence-electron chi connectivity index (χ2n) is 7.07. The Labute approximate surface area is 199 Å². The van der Waals surface area contributed by atoms with E-state index in [-0.39, 0.29) is 24.3 Å². The van der Waals surface area contributed by atoms with E-state index >= 15 is 0 Å². The van der Waals surface area contributed by atoms with Gasteiger partial charge in [0.1, 0.15) is 12.4 Å². The van der Waals surface area contributed by atoms with Crippen LogP contribution in [0.25, 0.3) is 0 Å². The molecule has 1 aromatic heterocycles. The Bertz CT molecular complexity index is 1200. The van der Waals surface area contributed by atoms with E-state index < -0.39 is 0 Å². The zero-order valence-corrected chi connectivity index (χ0v) is 19.2. The van der Waals surface area contributed by atoms with E-state index in [0.717, 1.165) is 17.0 Å². The summed E-state index contributed by atoms with van der Waals surface area (Å²) in [6.07, 6.45) is 0. The number of anilines is 3. The predicted molar refractivity (Wildman–Crippen MR) is 128 cm³/mol. The first-order valence-corrected chi connectivity index (χ1v) is 11.2. The number of methoxy groups -OCH3 is 1. The Hall–Kier alpha value is -3.40. The van der Waals surface area contributed by atoms with Gasteiger partial charge < -0.3 is 25.0 Å². The van der Waals surface area contributed by atoms with Gasteiger partial charge in [-0.05, 0) is 54.6 Å². The summed E-state index contributed by atoms with van der Waals surface area (Å²) in [4.78, 5) is 39.4. The van der Waals surface area contributed by atoms with Crippen LogP contribution in [0.3, 0.4) is 0 Å². The van der Waals surface area contributed by atoms with Crippen molar-refractivity contribution in [2.75, 3.05) is 42.4 Å². The fourth-order valence-electron chi connectivity index (χ4n) is 3.29. The SMILES string of the molecule is COc1ccc(C(=O)Nc2ccc(N3CCOCC3=O)cc2)cc1NC(=O)c1ccc(Cl)s1. The smallest absolute Gasteiger partial charge is 0.265 e. The number of nitrogens with one attached hydrogen (secondary N) is 2. The van der Waals surface area contributed by atoms with Gasteiger partial charge in [0.05, 0.1) is 28.6 Å². The van der Waals surface area contributed by atoms with Gasteiger partial charge in [-0.2, -0.15) is 0 Å². The fourth-order valence-corrected chi connectivity index (χ4v) is 4.22. The molecule has 0 radical (unpaired) electrons. The van der Waals surface area contributed by atoms with Crippen molar-refractivity contribution in [3.8, 4) is 5.75 Å². The molecule has 0 aliphatic carbocycles. The lowest BCUT2D eigenvalue weighted by atomic mass is 10.1. The average Bonchev–Trinajstić information content (AvgIpc) is 3.26. The minimum Gasteiger partial charge on any atom is -0.495 e. The maximum Gasteiger partial charge on any atom is 0.265 e. The number of hydrogen-bond donors (Lipinski definition) is 2. The molecule has 3 amide bonds. The lowest BCUT2D eigenvalue weighted by Crippen LogP contribution is -2.41. The normalized spacial score (nSPS) is 13.5. The zero-order valence-electron chi connectivity index (χ0n) is 17.6. The maximum atomic E-state index is 12.8. The molecule has 0 bridgehead atoms. The molecule has 0 atom stereocenters. The molecule has 3 aromatic rings. The Kier molecular flexibility index (Phi) is 6.93. The molecule has 0 saturated carbocycles. The minimum absolute atomic E-state index is 0.0638. The quantitative estimate of drug-likeness (QED) is 0.543. The summed E-state index contributed by atoms with van der Waals surface area (Å²) >= 11 is 7.06. The molecular formula is C23H20ClN3O5S. The van der Waals surface area contributed by atoms with Gasteiger partial charge in [-0.15, -0.1) is 11.3 Å². The standard InChI is InChI=1S/C23H20ClN3O5S/c1-31-18-7-2-14(12-17(18)26-23(30)19-8-9-20(24)33-19)22(29)25-15-3-5-16(6-4-15)27-10-11-32-13-21(27)28/h2-9,12H,10-11,13H2,1H3,(H,25,29)(H,26,30). The number of carbonyl (C=O) groups is 3. The Balaban J connectivity index is 1.47. The lowest BCUT2D eigenvalue weighted by Gasteiger charge is -2.26. The molecule has 1 fully saturated rings. The minimum atomic E-state index is -0.359. The van der Waals surface area contributed by atoms with E-state index in [1.54, 1.807) is 59.5 Å². The van der Waals surface area contributed by atoms with Crippen molar-refractivity contribution >= 4 is 57.7 Å². The Morgan fingerprint density at radius 1 is 1.06 bits per heavy atom. The van der Waals surface area contributed by atoms with E-state index in [1.807, 2.05) is 0 Å². The molecule has 8 nitrogen and oxygen atoms in total. The first-order chi connectivity index (χ1) is 15.9. The van der Waals surface area contributed by atoms with Crippen LogP contribution in [0.2, 0.25) is 4.34 Å². The predicted octanol–water partition coefficient (Wildman–Crippen LogP) is 4.28. The lowest BCUT2D eigenvalue weighted by molar-refractivity contribution is -0.125. The summed E-state index contributed by atoms with van der Waals surface area (Å²) in [5.74, 6) is -0.392. The molecule has 170 valence electrons. The topological polar surface area (TPSA) is 97.0 Å². The first-order valence-electron chi connectivity index (χ1n) is 9.99. The summed E-state index contributed by atoms with van der Waals surface area (Å²) < 4.78 is 11.0. The van der Waals surface area contributed by atoms with Crippen LogP contribution in [-0.2, 0) is 9.53 Å². The number of morpholine rings is 1. The summed E-state index contributed by atoms with van der Waals surface area (Å²) in [5.41, 5.74) is 2.01. The second kappa shape index (κ2) is 10.0. The largest absolute Gasteiger partial charge is 0.495 e. The molecule has 0 spiro atoms. The first kappa shape index (κ1) is 22.8. The van der Waals surface area contributed by atoms with E-state index in [0.29, 0.717) is 45.1 Å². The number of nitrogens with zero attached hydrogens (tertiary/aromatic N) is 1. The van der Waals surface area contributed by atoms with Crippen LogP contribution in [-0.4, -0.2) is 44.6 Å². The van der Waals surface area contributed by atoms with Gasteiger partial charge in [-0.1, -0.05) is 11.6 Å². The Morgan fingerprint density at radius 2 is 1.85 bits per heavy atom. The van der Waals surface area contributed by atoms with Crippen LogP contribution in [0.5, 0.6) is 5.75 Å². The second-order valence-corrected chi connectivity index (χ2v) is 8.79. The summed E-state index contributed by atoms with van der Waals surface area (Å²) in [6, 6.07) is 15.0. The number of ether oxygens (including phenoxy) is 2. The van der Waals surface area contributed by atoms with Crippen LogP contribution in [0.1, 0.15) is 20.0 Å². The van der Waals surface area contributed by atoms with Crippen LogP contribution >= 0.6 is 22.9 Å². The van der Waals surface area contributed by atoms with Crippen molar-refractivity contribution in [3.05, 3.63) is 69.4 Å². The van der Waals surface area contributed by atoms with Crippen molar-refractivity contribution in [1.29, 1.82) is 0 Å². The monoisotopic (exact) mass is 485 g/mol. The van der Waals surface area contributed by atoms with E-state index in [2.05, 4.69) is 10.6 Å². The van der Waals surface area contributed by atoms with Crippen LogP contribution in [0, 0.1) is 0 Å². The van der Waals surface area contributed by atoms with Crippen molar-refractivity contribution in [3.63, 3.8) is 0 Å². The van der Waals surface area contributed by atoms with Crippen molar-refractivity contribution in [1.82, 2.24) is 0 Å².